The van der Waals surface area contributed by atoms with E-state index in [1.54, 1.807) is 16.8 Å². The Bertz CT molecular complexity index is 426. The number of carbonyl (C=O) groups is 1. The summed E-state index contributed by atoms with van der Waals surface area (Å²) < 4.78 is 5.26. The maximum Gasteiger partial charge on any atom is 0.317 e. The van der Waals surface area contributed by atoms with Gasteiger partial charge in [0.25, 0.3) is 0 Å². The van der Waals surface area contributed by atoms with Gasteiger partial charge in [0.1, 0.15) is 10.5 Å². The lowest BCUT2D eigenvalue weighted by molar-refractivity contribution is 0.0521. The second-order valence-corrected chi connectivity index (χ2v) is 6.24. The predicted octanol–water partition coefficient (Wildman–Crippen LogP) is 1.61. The second-order valence-electron chi connectivity index (χ2n) is 5.37. The summed E-state index contributed by atoms with van der Waals surface area (Å²) >= 11 is 1.64. The first-order valence-corrected chi connectivity index (χ1v) is 8.10. The minimum absolute atomic E-state index is 0.0627. The fraction of sp³-hybridized carbons (Fsp3) is 0.769. The van der Waals surface area contributed by atoms with Crippen LogP contribution >= 0.6 is 11.3 Å². The Labute approximate surface area is 122 Å². The minimum Gasteiger partial charge on any atom is -0.378 e. The smallest absolute Gasteiger partial charge is 0.317 e. The molecule has 1 aliphatic heterocycles. The number of nitrogens with zero attached hydrogens (tertiary/aromatic N) is 3. The topological polar surface area (TPSA) is 67.4 Å². The van der Waals surface area contributed by atoms with Crippen LogP contribution < -0.4 is 5.32 Å². The highest BCUT2D eigenvalue weighted by Gasteiger charge is 2.26. The predicted molar refractivity (Wildman–Crippen MR) is 75.8 cm³/mol. The molecule has 2 amide bonds. The third-order valence-electron chi connectivity index (χ3n) is 4.08. The van der Waals surface area contributed by atoms with Gasteiger partial charge in [0, 0.05) is 25.0 Å². The van der Waals surface area contributed by atoms with Crippen molar-refractivity contribution in [1.29, 1.82) is 0 Å². The maximum absolute atomic E-state index is 12.1. The van der Waals surface area contributed by atoms with Gasteiger partial charge in [-0.2, -0.15) is 0 Å². The maximum atomic E-state index is 12.1. The number of ether oxygens (including phenoxy) is 1. The first-order valence-electron chi connectivity index (χ1n) is 7.22. The number of urea groups is 1. The van der Waals surface area contributed by atoms with Gasteiger partial charge in [0.15, 0.2) is 0 Å². The van der Waals surface area contributed by atoms with Gasteiger partial charge < -0.3 is 15.0 Å². The summed E-state index contributed by atoms with van der Waals surface area (Å²) in [5.74, 6) is 0.527. The van der Waals surface area contributed by atoms with E-state index in [2.05, 4.69) is 15.5 Å². The number of morpholine rings is 1. The van der Waals surface area contributed by atoms with Crippen LogP contribution in [0.2, 0.25) is 0 Å². The van der Waals surface area contributed by atoms with Crippen molar-refractivity contribution in [1.82, 2.24) is 20.4 Å². The second kappa shape index (κ2) is 6.49. The fourth-order valence-corrected chi connectivity index (χ4v) is 3.60. The van der Waals surface area contributed by atoms with E-state index < -0.39 is 0 Å². The Morgan fingerprint density at radius 2 is 2.05 bits per heavy atom. The highest BCUT2D eigenvalue weighted by Crippen LogP contribution is 2.33. The highest BCUT2D eigenvalue weighted by molar-refractivity contribution is 7.09. The molecule has 110 valence electrons. The van der Waals surface area contributed by atoms with Gasteiger partial charge in [-0.25, -0.2) is 4.79 Å². The summed E-state index contributed by atoms with van der Waals surface area (Å²) in [7, 11) is 0. The average Bonchev–Trinajstić information content (AvgIpc) is 3.03. The molecule has 3 rings (SSSR count). The molecule has 2 heterocycles. The molecule has 1 saturated carbocycles. The van der Waals surface area contributed by atoms with Crippen LogP contribution in [-0.2, 0) is 4.74 Å². The monoisotopic (exact) mass is 296 g/mol. The molecule has 0 radical (unpaired) electrons. The van der Waals surface area contributed by atoms with Crippen molar-refractivity contribution in [2.75, 3.05) is 26.3 Å². The van der Waals surface area contributed by atoms with Crippen molar-refractivity contribution in [3.8, 4) is 0 Å². The summed E-state index contributed by atoms with van der Waals surface area (Å²) in [5.41, 5.74) is 1.79. The third-order valence-corrected chi connectivity index (χ3v) is 4.94. The summed E-state index contributed by atoms with van der Waals surface area (Å²) in [4.78, 5) is 14.0. The molecule has 0 atom stereocenters. The molecule has 1 saturated heterocycles. The molecule has 1 aromatic heterocycles. The Kier molecular flexibility index (Phi) is 4.47. The van der Waals surface area contributed by atoms with Crippen molar-refractivity contribution in [2.45, 2.75) is 37.6 Å². The van der Waals surface area contributed by atoms with Crippen molar-refractivity contribution in [3.63, 3.8) is 0 Å². The van der Waals surface area contributed by atoms with Crippen LogP contribution in [0.25, 0.3) is 0 Å². The quantitative estimate of drug-likeness (QED) is 0.900. The zero-order valence-electron chi connectivity index (χ0n) is 11.5. The van der Waals surface area contributed by atoms with E-state index in [4.69, 9.17) is 4.74 Å². The van der Waals surface area contributed by atoms with E-state index in [9.17, 15) is 4.79 Å². The molecule has 2 aliphatic rings. The van der Waals surface area contributed by atoms with Gasteiger partial charge >= 0.3 is 6.03 Å². The average molecular weight is 296 g/mol. The molecule has 0 aromatic carbocycles. The number of aromatic nitrogens is 2. The zero-order chi connectivity index (χ0) is 13.8. The largest absolute Gasteiger partial charge is 0.378 e. The number of nitrogens with one attached hydrogen (secondary N) is 1. The van der Waals surface area contributed by atoms with Crippen LogP contribution in [0.5, 0.6) is 0 Å². The Morgan fingerprint density at radius 1 is 1.30 bits per heavy atom. The molecule has 7 heteroatoms. The normalized spacial score (nSPS) is 27.3. The molecular formula is C13H20N4O2S. The van der Waals surface area contributed by atoms with E-state index in [0.29, 0.717) is 38.3 Å². The highest BCUT2D eigenvalue weighted by atomic mass is 32.1. The van der Waals surface area contributed by atoms with Crippen LogP contribution in [0.1, 0.15) is 36.6 Å². The molecule has 0 spiro atoms. The van der Waals surface area contributed by atoms with E-state index in [-0.39, 0.29) is 6.03 Å². The Morgan fingerprint density at radius 3 is 2.70 bits per heavy atom. The first kappa shape index (κ1) is 13.8. The molecule has 6 nitrogen and oxygen atoms in total. The molecule has 1 aromatic rings. The number of hydrogen-bond acceptors (Lipinski definition) is 5. The molecule has 0 unspecified atom stereocenters. The van der Waals surface area contributed by atoms with Gasteiger partial charge in [0.2, 0.25) is 0 Å². The van der Waals surface area contributed by atoms with Crippen LogP contribution in [0, 0.1) is 0 Å². The number of carbonyl (C=O) groups excluding carboxylic acids is 1. The van der Waals surface area contributed by atoms with Crippen LogP contribution in [0.15, 0.2) is 5.51 Å². The van der Waals surface area contributed by atoms with Gasteiger partial charge in [-0.15, -0.1) is 21.5 Å². The van der Waals surface area contributed by atoms with E-state index in [1.165, 1.54) is 0 Å². The molecule has 0 bridgehead atoms. The lowest BCUT2D eigenvalue weighted by atomic mass is 9.86. The van der Waals surface area contributed by atoms with Gasteiger partial charge in [-0.1, -0.05) is 0 Å². The van der Waals surface area contributed by atoms with E-state index >= 15 is 0 Å². The van der Waals surface area contributed by atoms with Crippen molar-refractivity contribution >= 4 is 17.4 Å². The molecule has 1 aliphatic carbocycles. The lowest BCUT2D eigenvalue weighted by Crippen LogP contribution is -2.49. The number of hydrogen-bond donors (Lipinski definition) is 1. The van der Waals surface area contributed by atoms with Crippen LogP contribution in [0.3, 0.4) is 0 Å². The van der Waals surface area contributed by atoms with E-state index in [1.807, 2.05) is 4.90 Å². The number of amides is 2. The first-order chi connectivity index (χ1) is 9.83. The fourth-order valence-electron chi connectivity index (χ4n) is 2.88. The lowest BCUT2D eigenvalue weighted by Gasteiger charge is -2.32. The van der Waals surface area contributed by atoms with Crippen molar-refractivity contribution in [2.24, 2.45) is 0 Å². The zero-order valence-corrected chi connectivity index (χ0v) is 12.3. The third kappa shape index (κ3) is 3.27. The minimum atomic E-state index is 0.0627. The molecule has 20 heavy (non-hydrogen) atoms. The summed E-state index contributed by atoms with van der Waals surface area (Å²) in [6, 6.07) is 0.363. The van der Waals surface area contributed by atoms with Crippen LogP contribution in [-0.4, -0.2) is 53.5 Å². The van der Waals surface area contributed by atoms with E-state index in [0.717, 1.165) is 30.7 Å². The van der Waals surface area contributed by atoms with Gasteiger partial charge in [-0.05, 0) is 25.7 Å². The standard InChI is InChI=1S/C13H20N4O2S/c18-13(17-5-7-19-8-6-17)15-11-3-1-10(2-4-11)12-16-14-9-20-12/h9-11H,1-8H2,(H,15,18)/t10-,11-. The van der Waals surface area contributed by atoms with Crippen molar-refractivity contribution < 1.29 is 9.53 Å². The number of rotatable bonds is 2. The van der Waals surface area contributed by atoms with Gasteiger partial charge in [0.05, 0.1) is 13.2 Å². The van der Waals surface area contributed by atoms with Gasteiger partial charge in [-0.3, -0.25) is 0 Å². The summed E-state index contributed by atoms with van der Waals surface area (Å²) in [6.07, 6.45) is 4.23. The van der Waals surface area contributed by atoms with Crippen LogP contribution in [0.4, 0.5) is 4.79 Å². The molecular weight excluding hydrogens is 276 g/mol. The molecule has 1 N–H and O–H groups in total. The SMILES string of the molecule is O=C(N[C@H]1CC[C@H](c2nncs2)CC1)N1CCOCC1. The summed E-state index contributed by atoms with van der Waals surface area (Å²) in [5, 5.41) is 12.4. The van der Waals surface area contributed by atoms with Crippen molar-refractivity contribution in [3.05, 3.63) is 10.5 Å². The molecule has 2 fully saturated rings. The Balaban J connectivity index is 1.45. The summed E-state index contributed by atoms with van der Waals surface area (Å²) in [6.45, 7) is 2.70. The Hall–Kier alpha value is -1.21.